The molecule has 1 atom stereocenters. The van der Waals surface area contributed by atoms with Crippen molar-refractivity contribution in [3.63, 3.8) is 0 Å². The standard InChI is InChI=1S/C13H17N5O/c1-3-15-13(19)8(2)16-12-11(14)17-9-6-4-5-7-10(9)18-12/h4-8H,3H2,1-2H3,(H2,14,17)(H,15,19)(H,16,18). The Balaban J connectivity index is 2.25. The van der Waals surface area contributed by atoms with Gasteiger partial charge in [-0.1, -0.05) is 12.1 Å². The van der Waals surface area contributed by atoms with Crippen LogP contribution in [0.4, 0.5) is 11.6 Å². The predicted octanol–water partition coefficient (Wildman–Crippen LogP) is 1.15. The van der Waals surface area contributed by atoms with Gasteiger partial charge in [-0.15, -0.1) is 0 Å². The molecule has 2 rings (SSSR count). The number of hydrogen-bond acceptors (Lipinski definition) is 5. The Hall–Kier alpha value is -2.37. The molecule has 0 aliphatic carbocycles. The highest BCUT2D eigenvalue weighted by molar-refractivity contribution is 5.86. The zero-order chi connectivity index (χ0) is 13.8. The molecule has 2 aromatic rings. The van der Waals surface area contributed by atoms with E-state index >= 15 is 0 Å². The van der Waals surface area contributed by atoms with Crippen molar-refractivity contribution < 1.29 is 4.79 Å². The number of nitrogens with zero attached hydrogens (tertiary/aromatic N) is 2. The lowest BCUT2D eigenvalue weighted by molar-refractivity contribution is -0.121. The van der Waals surface area contributed by atoms with Crippen LogP contribution in [0.25, 0.3) is 11.0 Å². The van der Waals surface area contributed by atoms with Crippen molar-refractivity contribution in [1.29, 1.82) is 0 Å². The minimum absolute atomic E-state index is 0.100. The molecule has 0 saturated heterocycles. The van der Waals surface area contributed by atoms with Gasteiger partial charge >= 0.3 is 0 Å². The number of hydrogen-bond donors (Lipinski definition) is 3. The fourth-order valence-electron chi connectivity index (χ4n) is 1.72. The van der Waals surface area contributed by atoms with Crippen molar-refractivity contribution in [1.82, 2.24) is 15.3 Å². The van der Waals surface area contributed by atoms with Gasteiger partial charge in [0.25, 0.3) is 0 Å². The van der Waals surface area contributed by atoms with Crippen LogP contribution < -0.4 is 16.4 Å². The minimum atomic E-state index is -0.419. The summed E-state index contributed by atoms with van der Waals surface area (Å²) in [6, 6.07) is 7.03. The number of nitrogen functional groups attached to an aromatic ring is 1. The average molecular weight is 259 g/mol. The van der Waals surface area contributed by atoms with Gasteiger partial charge in [-0.25, -0.2) is 9.97 Å². The van der Waals surface area contributed by atoms with Crippen LogP contribution in [0.3, 0.4) is 0 Å². The highest BCUT2D eigenvalue weighted by Gasteiger charge is 2.14. The van der Waals surface area contributed by atoms with Gasteiger partial charge in [0.15, 0.2) is 11.6 Å². The fourth-order valence-corrected chi connectivity index (χ4v) is 1.72. The van der Waals surface area contributed by atoms with E-state index in [1.807, 2.05) is 31.2 Å². The van der Waals surface area contributed by atoms with E-state index in [1.54, 1.807) is 6.92 Å². The van der Waals surface area contributed by atoms with E-state index < -0.39 is 6.04 Å². The quantitative estimate of drug-likeness (QED) is 0.766. The Morgan fingerprint density at radius 1 is 1.32 bits per heavy atom. The lowest BCUT2D eigenvalue weighted by Crippen LogP contribution is -2.37. The Bertz CT molecular complexity index is 599. The molecule has 19 heavy (non-hydrogen) atoms. The Morgan fingerprint density at radius 2 is 1.95 bits per heavy atom. The van der Waals surface area contributed by atoms with Gasteiger partial charge in [0.05, 0.1) is 11.0 Å². The molecule has 6 nitrogen and oxygen atoms in total. The van der Waals surface area contributed by atoms with E-state index in [1.165, 1.54) is 0 Å². The second-order valence-corrected chi connectivity index (χ2v) is 4.21. The lowest BCUT2D eigenvalue weighted by Gasteiger charge is -2.15. The highest BCUT2D eigenvalue weighted by Crippen LogP contribution is 2.18. The molecule has 1 aromatic heterocycles. The molecule has 0 radical (unpaired) electrons. The number of para-hydroxylation sites is 2. The van der Waals surface area contributed by atoms with Gasteiger partial charge < -0.3 is 16.4 Å². The first-order chi connectivity index (χ1) is 9.11. The summed E-state index contributed by atoms with van der Waals surface area (Å²) in [4.78, 5) is 20.3. The smallest absolute Gasteiger partial charge is 0.242 e. The Labute approximate surface area is 111 Å². The molecule has 100 valence electrons. The van der Waals surface area contributed by atoms with Gasteiger partial charge in [-0.05, 0) is 26.0 Å². The maximum atomic E-state index is 11.7. The van der Waals surface area contributed by atoms with Gasteiger partial charge in [-0.2, -0.15) is 0 Å². The highest BCUT2D eigenvalue weighted by atomic mass is 16.2. The van der Waals surface area contributed by atoms with Crippen LogP contribution in [-0.2, 0) is 4.79 Å². The second kappa shape index (κ2) is 5.51. The maximum Gasteiger partial charge on any atom is 0.242 e. The summed E-state index contributed by atoms with van der Waals surface area (Å²) in [5, 5.41) is 5.71. The van der Waals surface area contributed by atoms with E-state index in [2.05, 4.69) is 20.6 Å². The number of fused-ring (bicyclic) bond motifs is 1. The third-order valence-corrected chi connectivity index (χ3v) is 2.70. The molecule has 1 amide bonds. The summed E-state index contributed by atoms with van der Waals surface area (Å²) in [5.74, 6) is 0.615. The van der Waals surface area contributed by atoms with Crippen LogP contribution in [0.5, 0.6) is 0 Å². The number of amides is 1. The largest absolute Gasteiger partial charge is 0.381 e. The summed E-state index contributed by atoms with van der Waals surface area (Å²) in [6.07, 6.45) is 0. The average Bonchev–Trinajstić information content (AvgIpc) is 2.39. The summed E-state index contributed by atoms with van der Waals surface area (Å²) in [5.41, 5.74) is 7.31. The molecule has 0 saturated carbocycles. The number of carbonyl (C=O) groups excluding carboxylic acids is 1. The molecule has 6 heteroatoms. The third-order valence-electron chi connectivity index (χ3n) is 2.70. The topological polar surface area (TPSA) is 92.9 Å². The molecule has 0 fully saturated rings. The van der Waals surface area contributed by atoms with Crippen molar-refractivity contribution in [3.8, 4) is 0 Å². The summed E-state index contributed by atoms with van der Waals surface area (Å²) < 4.78 is 0. The van der Waals surface area contributed by atoms with Crippen LogP contribution in [0.15, 0.2) is 24.3 Å². The van der Waals surface area contributed by atoms with Crippen LogP contribution in [0, 0.1) is 0 Å². The van der Waals surface area contributed by atoms with E-state index in [-0.39, 0.29) is 11.7 Å². The zero-order valence-corrected chi connectivity index (χ0v) is 11.0. The van der Waals surface area contributed by atoms with Crippen molar-refractivity contribution in [2.45, 2.75) is 19.9 Å². The van der Waals surface area contributed by atoms with Crippen LogP contribution >= 0.6 is 0 Å². The fraction of sp³-hybridized carbons (Fsp3) is 0.308. The van der Waals surface area contributed by atoms with Gasteiger partial charge in [0.2, 0.25) is 5.91 Å². The number of carbonyl (C=O) groups is 1. The number of rotatable bonds is 4. The molecule has 0 spiro atoms. The first-order valence-electron chi connectivity index (χ1n) is 6.18. The maximum absolute atomic E-state index is 11.7. The van der Waals surface area contributed by atoms with Crippen molar-refractivity contribution in [2.75, 3.05) is 17.6 Å². The summed E-state index contributed by atoms with van der Waals surface area (Å²) in [6.45, 7) is 4.21. The predicted molar refractivity (Wildman–Crippen MR) is 75.7 cm³/mol. The van der Waals surface area contributed by atoms with Gasteiger partial charge in [0, 0.05) is 6.54 Å². The van der Waals surface area contributed by atoms with Crippen LogP contribution in [0.2, 0.25) is 0 Å². The monoisotopic (exact) mass is 259 g/mol. The number of nitrogens with one attached hydrogen (secondary N) is 2. The van der Waals surface area contributed by atoms with E-state index in [9.17, 15) is 4.79 Å². The number of benzene rings is 1. The number of nitrogens with two attached hydrogens (primary N) is 1. The van der Waals surface area contributed by atoms with Crippen molar-refractivity contribution in [2.24, 2.45) is 0 Å². The first-order valence-corrected chi connectivity index (χ1v) is 6.18. The molecular weight excluding hydrogens is 242 g/mol. The molecule has 1 aromatic carbocycles. The van der Waals surface area contributed by atoms with Crippen LogP contribution in [0.1, 0.15) is 13.8 Å². The van der Waals surface area contributed by atoms with Gasteiger partial charge in [0.1, 0.15) is 6.04 Å². The minimum Gasteiger partial charge on any atom is -0.381 e. The van der Waals surface area contributed by atoms with E-state index in [0.717, 1.165) is 11.0 Å². The molecule has 0 aliphatic heterocycles. The Morgan fingerprint density at radius 3 is 2.58 bits per heavy atom. The van der Waals surface area contributed by atoms with Crippen molar-refractivity contribution in [3.05, 3.63) is 24.3 Å². The zero-order valence-electron chi connectivity index (χ0n) is 11.0. The molecule has 0 aliphatic rings. The molecule has 1 unspecified atom stereocenters. The lowest BCUT2D eigenvalue weighted by atomic mass is 10.3. The second-order valence-electron chi connectivity index (χ2n) is 4.21. The van der Waals surface area contributed by atoms with Gasteiger partial charge in [-0.3, -0.25) is 4.79 Å². The third kappa shape index (κ3) is 2.90. The summed E-state index contributed by atoms with van der Waals surface area (Å²) >= 11 is 0. The van der Waals surface area contributed by atoms with Crippen molar-refractivity contribution >= 4 is 28.6 Å². The molecular formula is C13H17N5O. The SMILES string of the molecule is CCNC(=O)C(C)Nc1nc2ccccc2nc1N. The van der Waals surface area contributed by atoms with E-state index in [4.69, 9.17) is 5.73 Å². The molecule has 0 bridgehead atoms. The van der Waals surface area contributed by atoms with E-state index in [0.29, 0.717) is 12.4 Å². The van der Waals surface area contributed by atoms with Crippen LogP contribution in [-0.4, -0.2) is 28.5 Å². The number of likely N-dealkylation sites (N-methyl/N-ethyl adjacent to an activating group) is 1. The number of anilines is 2. The Kier molecular flexibility index (Phi) is 3.79. The molecule has 1 heterocycles. The molecule has 4 N–H and O–H groups in total. The first kappa shape index (κ1) is 13.1. The number of aromatic nitrogens is 2. The summed E-state index contributed by atoms with van der Waals surface area (Å²) in [7, 11) is 0. The normalized spacial score (nSPS) is 12.1.